The Morgan fingerprint density at radius 3 is 2.36 bits per heavy atom. The molecule has 7 atom stereocenters. The number of carbonyl (C=O) groups is 1. The molecule has 0 amide bonds. The fourth-order valence-electron chi connectivity index (χ4n) is 7.96. The van der Waals surface area contributed by atoms with Crippen molar-refractivity contribution >= 4 is 5.78 Å². The second-order valence-electron chi connectivity index (χ2n) is 9.69. The number of fused-ring (bicyclic) bond motifs is 5. The second-order valence-corrected chi connectivity index (χ2v) is 9.69. The molecule has 0 aliphatic heterocycles. The van der Waals surface area contributed by atoms with E-state index in [-0.39, 0.29) is 0 Å². The first-order valence-corrected chi connectivity index (χ1v) is 9.97. The third-order valence-corrected chi connectivity index (χ3v) is 9.07. The molecule has 4 saturated carbocycles. The van der Waals surface area contributed by atoms with Gasteiger partial charge in [-0.1, -0.05) is 26.7 Å². The zero-order valence-corrected chi connectivity index (χ0v) is 14.9. The van der Waals surface area contributed by atoms with E-state index in [1.54, 1.807) is 0 Å². The van der Waals surface area contributed by atoms with Gasteiger partial charge in [-0.3, -0.25) is 4.79 Å². The van der Waals surface area contributed by atoms with E-state index in [9.17, 15) is 4.79 Å². The molecule has 4 rings (SSSR count). The summed E-state index contributed by atoms with van der Waals surface area (Å²) >= 11 is 0. The van der Waals surface area contributed by atoms with E-state index in [1.165, 1.54) is 64.2 Å². The first-order valence-electron chi connectivity index (χ1n) is 9.97. The number of rotatable bonds is 1. The van der Waals surface area contributed by atoms with Crippen molar-refractivity contribution in [2.75, 3.05) is 0 Å². The third-order valence-electron chi connectivity index (χ3n) is 9.07. The summed E-state index contributed by atoms with van der Waals surface area (Å²) in [6.07, 6.45) is 14.1. The summed E-state index contributed by atoms with van der Waals surface area (Å²) in [6.45, 7) is 6.97. The minimum Gasteiger partial charge on any atom is -0.300 e. The van der Waals surface area contributed by atoms with Crippen LogP contribution in [-0.4, -0.2) is 5.78 Å². The van der Waals surface area contributed by atoms with Crippen LogP contribution in [0.2, 0.25) is 0 Å². The van der Waals surface area contributed by atoms with E-state index in [4.69, 9.17) is 0 Å². The predicted octanol–water partition coefficient (Wildman–Crippen LogP) is 5.62. The molecule has 0 aromatic rings. The minimum atomic E-state index is 0.338. The van der Waals surface area contributed by atoms with E-state index in [1.807, 2.05) is 6.92 Å². The predicted molar refractivity (Wildman–Crippen MR) is 90.5 cm³/mol. The van der Waals surface area contributed by atoms with E-state index in [0.29, 0.717) is 22.5 Å². The lowest BCUT2D eigenvalue weighted by Gasteiger charge is -2.60. The van der Waals surface area contributed by atoms with Crippen LogP contribution >= 0.6 is 0 Å². The van der Waals surface area contributed by atoms with Crippen molar-refractivity contribution in [2.45, 2.75) is 85.0 Å². The topological polar surface area (TPSA) is 17.1 Å². The molecule has 4 fully saturated rings. The second kappa shape index (κ2) is 5.08. The van der Waals surface area contributed by atoms with Crippen LogP contribution in [0.4, 0.5) is 0 Å². The normalized spacial score (nSPS) is 54.2. The van der Waals surface area contributed by atoms with Crippen molar-refractivity contribution in [3.05, 3.63) is 0 Å². The molecule has 0 aromatic heterocycles. The Labute approximate surface area is 136 Å². The molecule has 0 bridgehead atoms. The number of Topliss-reactive ketones (excluding diaryl/α,β-unsaturated/α-hetero) is 1. The summed E-state index contributed by atoms with van der Waals surface area (Å²) in [5, 5.41) is 0. The van der Waals surface area contributed by atoms with Crippen molar-refractivity contribution in [1.82, 2.24) is 0 Å². The monoisotopic (exact) mass is 302 g/mol. The van der Waals surface area contributed by atoms with Gasteiger partial charge in [0.05, 0.1) is 0 Å². The number of ketones is 1. The molecule has 124 valence electrons. The maximum absolute atomic E-state index is 12.2. The molecule has 4 aliphatic carbocycles. The standard InChI is InChI=1S/C21H34O/c1-14(22)17-9-10-18-16-8-7-15-6-4-5-12-20(15,2)19(16)11-13-21(17,18)3/h15-19H,4-13H2,1-3H3/t15?,16?,17?,18?,19?,20?,21-/m1/s1. The Morgan fingerprint density at radius 1 is 0.818 bits per heavy atom. The molecule has 0 heterocycles. The summed E-state index contributed by atoms with van der Waals surface area (Å²) in [6, 6.07) is 0. The van der Waals surface area contributed by atoms with Crippen molar-refractivity contribution in [3.8, 4) is 0 Å². The van der Waals surface area contributed by atoms with Gasteiger partial charge in [-0.05, 0) is 92.8 Å². The van der Waals surface area contributed by atoms with Gasteiger partial charge in [-0.15, -0.1) is 0 Å². The van der Waals surface area contributed by atoms with Crippen LogP contribution in [0.25, 0.3) is 0 Å². The summed E-state index contributed by atoms with van der Waals surface area (Å²) in [5.74, 6) is 4.60. The molecule has 0 radical (unpaired) electrons. The van der Waals surface area contributed by atoms with Gasteiger partial charge in [-0.2, -0.15) is 0 Å². The Hall–Kier alpha value is -0.330. The number of carbonyl (C=O) groups excluding carboxylic acids is 1. The summed E-state index contributed by atoms with van der Waals surface area (Å²) in [5.41, 5.74) is 0.974. The molecule has 1 nitrogen and oxygen atoms in total. The molecular formula is C21H34O. The van der Waals surface area contributed by atoms with Crippen molar-refractivity contribution in [1.29, 1.82) is 0 Å². The van der Waals surface area contributed by atoms with Crippen molar-refractivity contribution < 1.29 is 4.79 Å². The van der Waals surface area contributed by atoms with Gasteiger partial charge in [0.15, 0.2) is 0 Å². The zero-order valence-electron chi connectivity index (χ0n) is 14.9. The number of hydrogen-bond acceptors (Lipinski definition) is 1. The van der Waals surface area contributed by atoms with Gasteiger partial charge < -0.3 is 0 Å². The fourth-order valence-corrected chi connectivity index (χ4v) is 7.96. The Morgan fingerprint density at radius 2 is 1.59 bits per heavy atom. The molecule has 0 saturated heterocycles. The highest BCUT2D eigenvalue weighted by Gasteiger charge is 2.60. The Balaban J connectivity index is 1.63. The lowest BCUT2D eigenvalue weighted by molar-refractivity contribution is -0.133. The van der Waals surface area contributed by atoms with Gasteiger partial charge >= 0.3 is 0 Å². The van der Waals surface area contributed by atoms with Crippen LogP contribution in [-0.2, 0) is 4.79 Å². The van der Waals surface area contributed by atoms with Gasteiger partial charge in [-0.25, -0.2) is 0 Å². The van der Waals surface area contributed by atoms with Crippen LogP contribution in [0, 0.1) is 40.4 Å². The Bertz CT molecular complexity index is 469. The first kappa shape index (κ1) is 15.2. The van der Waals surface area contributed by atoms with Crippen LogP contribution in [0.3, 0.4) is 0 Å². The summed E-state index contributed by atoms with van der Waals surface area (Å²) in [4.78, 5) is 12.2. The van der Waals surface area contributed by atoms with Crippen LogP contribution in [0.15, 0.2) is 0 Å². The lowest BCUT2D eigenvalue weighted by Crippen LogP contribution is -2.53. The van der Waals surface area contributed by atoms with Gasteiger partial charge in [0, 0.05) is 5.92 Å². The molecule has 0 N–H and O–H groups in total. The molecule has 0 spiro atoms. The van der Waals surface area contributed by atoms with E-state index in [0.717, 1.165) is 23.7 Å². The molecular weight excluding hydrogens is 268 g/mol. The maximum atomic E-state index is 12.2. The van der Waals surface area contributed by atoms with E-state index < -0.39 is 0 Å². The zero-order chi connectivity index (χ0) is 15.5. The maximum Gasteiger partial charge on any atom is 0.133 e. The SMILES string of the molecule is CC(=O)C1CCC2C3CCC4CCCCC4(C)C3CC[C@]12C. The van der Waals surface area contributed by atoms with Crippen LogP contribution < -0.4 is 0 Å². The van der Waals surface area contributed by atoms with Crippen LogP contribution in [0.1, 0.15) is 85.0 Å². The van der Waals surface area contributed by atoms with Crippen LogP contribution in [0.5, 0.6) is 0 Å². The average molecular weight is 303 g/mol. The van der Waals surface area contributed by atoms with Gasteiger partial charge in [0.1, 0.15) is 5.78 Å². The molecule has 1 heteroatoms. The smallest absolute Gasteiger partial charge is 0.133 e. The van der Waals surface area contributed by atoms with E-state index >= 15 is 0 Å². The number of hydrogen-bond donors (Lipinski definition) is 0. The highest BCUT2D eigenvalue weighted by atomic mass is 16.1. The van der Waals surface area contributed by atoms with Crippen molar-refractivity contribution in [2.24, 2.45) is 40.4 Å². The molecule has 6 unspecified atom stereocenters. The summed E-state index contributed by atoms with van der Waals surface area (Å²) < 4.78 is 0. The molecule has 4 aliphatic rings. The van der Waals surface area contributed by atoms with Crippen molar-refractivity contribution in [3.63, 3.8) is 0 Å². The minimum absolute atomic E-state index is 0.338. The van der Waals surface area contributed by atoms with Gasteiger partial charge in [0.25, 0.3) is 0 Å². The lowest BCUT2D eigenvalue weighted by atomic mass is 9.45. The third kappa shape index (κ3) is 1.93. The largest absolute Gasteiger partial charge is 0.300 e. The summed E-state index contributed by atoms with van der Waals surface area (Å²) in [7, 11) is 0. The first-order chi connectivity index (χ1) is 10.5. The molecule has 22 heavy (non-hydrogen) atoms. The van der Waals surface area contributed by atoms with Gasteiger partial charge in [0.2, 0.25) is 0 Å². The van der Waals surface area contributed by atoms with E-state index in [2.05, 4.69) is 13.8 Å². The quantitative estimate of drug-likeness (QED) is 0.614. The molecule has 0 aromatic carbocycles. The fraction of sp³-hybridized carbons (Fsp3) is 0.952. The highest BCUT2D eigenvalue weighted by Crippen LogP contribution is 2.67. The Kier molecular flexibility index (Phi) is 3.51. The highest BCUT2D eigenvalue weighted by molar-refractivity contribution is 5.79. The average Bonchev–Trinajstić information content (AvgIpc) is 2.84.